The zero-order chi connectivity index (χ0) is 17.4. The first-order valence-corrected chi connectivity index (χ1v) is 7.24. The van der Waals surface area contributed by atoms with Crippen LogP contribution in [0.25, 0.3) is 0 Å². The summed E-state index contributed by atoms with van der Waals surface area (Å²) in [6.45, 7) is 3.19. The van der Waals surface area contributed by atoms with Crippen molar-refractivity contribution in [2.45, 2.75) is 20.3 Å². The summed E-state index contributed by atoms with van der Waals surface area (Å²) in [6.07, 6.45) is -0.657. The van der Waals surface area contributed by atoms with Crippen molar-refractivity contribution in [3.05, 3.63) is 40.1 Å². The third-order valence-electron chi connectivity index (χ3n) is 2.65. The molecule has 0 bridgehead atoms. The van der Waals surface area contributed by atoms with Crippen molar-refractivity contribution in [3.8, 4) is 0 Å². The van der Waals surface area contributed by atoms with E-state index in [4.69, 9.17) is 21.1 Å². The summed E-state index contributed by atoms with van der Waals surface area (Å²) < 4.78 is 9.25. The van der Waals surface area contributed by atoms with Crippen LogP contribution in [0.15, 0.2) is 24.3 Å². The number of hydrogen-bond donors (Lipinski definition) is 0. The molecule has 1 aromatic carbocycles. The molecule has 1 amide bonds. The number of amides is 1. The second kappa shape index (κ2) is 8.89. The van der Waals surface area contributed by atoms with Gasteiger partial charge in [0.1, 0.15) is 6.42 Å². The molecule has 0 spiro atoms. The van der Waals surface area contributed by atoms with E-state index in [1.165, 1.54) is 31.2 Å². The third-order valence-corrected chi connectivity index (χ3v) is 2.90. The molecule has 0 saturated heterocycles. The van der Waals surface area contributed by atoms with Gasteiger partial charge in [-0.2, -0.15) is 0 Å². The minimum Gasteiger partial charge on any atom is -0.616 e. The molecule has 23 heavy (non-hydrogen) atoms. The normalized spacial score (nSPS) is 11.4. The van der Waals surface area contributed by atoms with Gasteiger partial charge in [-0.25, -0.2) is 9.59 Å². The van der Waals surface area contributed by atoms with E-state index in [0.29, 0.717) is 5.02 Å². The third kappa shape index (κ3) is 5.37. The second-order valence-corrected chi connectivity index (χ2v) is 4.69. The second-order valence-electron chi connectivity index (χ2n) is 4.26. The number of carbonyl (C=O) groups is 3. The fourth-order valence-electron chi connectivity index (χ4n) is 1.62. The van der Waals surface area contributed by atoms with Crippen molar-refractivity contribution in [1.29, 1.82) is 0 Å². The molecular weight excluding hydrogens is 326 g/mol. The molecule has 0 fully saturated rings. The van der Waals surface area contributed by atoms with E-state index in [-0.39, 0.29) is 23.5 Å². The summed E-state index contributed by atoms with van der Waals surface area (Å²) >= 11 is 5.71. The Morgan fingerprint density at radius 3 is 2.17 bits per heavy atom. The van der Waals surface area contributed by atoms with E-state index >= 15 is 0 Å². The maximum absolute atomic E-state index is 12.2. The van der Waals surface area contributed by atoms with Crippen molar-refractivity contribution >= 4 is 35.2 Å². The molecule has 7 nitrogen and oxygen atoms in total. The summed E-state index contributed by atoms with van der Waals surface area (Å²) in [5, 5.41) is 12.6. The molecule has 8 heteroatoms. The number of hydroxylamine groups is 1. The van der Waals surface area contributed by atoms with Crippen LogP contribution >= 0.6 is 11.6 Å². The van der Waals surface area contributed by atoms with Gasteiger partial charge in [-0.1, -0.05) is 11.6 Å². The standard InChI is InChI=1S/C15H16ClNO6/c1-3-22-13(18)9-12(15(20)23-4-2)17(21)14(19)10-5-7-11(16)8-6-10/h5-8H,3-4,9H2,1-2H3/b17-12+. The Morgan fingerprint density at radius 1 is 1.09 bits per heavy atom. The first-order valence-electron chi connectivity index (χ1n) is 6.86. The summed E-state index contributed by atoms with van der Waals surface area (Å²) in [5.41, 5.74) is -0.611. The average Bonchev–Trinajstić information content (AvgIpc) is 2.52. The molecule has 1 rings (SSSR count). The van der Waals surface area contributed by atoms with Gasteiger partial charge in [-0.15, -0.1) is 4.74 Å². The molecule has 0 heterocycles. The van der Waals surface area contributed by atoms with Gasteiger partial charge in [-0.05, 0) is 38.1 Å². The van der Waals surface area contributed by atoms with Crippen LogP contribution < -0.4 is 0 Å². The van der Waals surface area contributed by atoms with E-state index in [1.54, 1.807) is 6.92 Å². The summed E-state index contributed by atoms with van der Waals surface area (Å²) in [7, 11) is 0. The van der Waals surface area contributed by atoms with Crippen LogP contribution in [0.4, 0.5) is 0 Å². The average molecular weight is 342 g/mol. The lowest BCUT2D eigenvalue weighted by Gasteiger charge is -2.08. The zero-order valence-corrected chi connectivity index (χ0v) is 13.5. The van der Waals surface area contributed by atoms with Crippen LogP contribution in [-0.2, 0) is 19.1 Å². The lowest BCUT2D eigenvalue weighted by atomic mass is 10.2. The Kier molecular flexibility index (Phi) is 7.21. The van der Waals surface area contributed by atoms with Gasteiger partial charge in [0, 0.05) is 5.02 Å². The Bertz CT molecular complexity index is 623. The Labute approximate surface area is 138 Å². The highest BCUT2D eigenvalue weighted by atomic mass is 35.5. The van der Waals surface area contributed by atoms with E-state index < -0.39 is 30.0 Å². The molecular formula is C15H16ClNO6. The number of nitrogens with zero attached hydrogens (tertiary/aromatic N) is 1. The molecule has 0 radical (unpaired) electrons. The molecule has 0 unspecified atom stereocenters. The van der Waals surface area contributed by atoms with Crippen LogP contribution in [0, 0.1) is 5.21 Å². The molecule has 0 aliphatic heterocycles. The lowest BCUT2D eigenvalue weighted by molar-refractivity contribution is -0.353. The van der Waals surface area contributed by atoms with Gasteiger partial charge in [-0.3, -0.25) is 4.79 Å². The number of hydrogen-bond acceptors (Lipinski definition) is 6. The van der Waals surface area contributed by atoms with Crippen LogP contribution in [-0.4, -0.2) is 41.5 Å². The molecule has 0 atom stereocenters. The molecule has 0 saturated carbocycles. The molecule has 0 N–H and O–H groups in total. The van der Waals surface area contributed by atoms with Gasteiger partial charge >= 0.3 is 17.8 Å². The molecule has 0 aromatic heterocycles. The predicted octanol–water partition coefficient (Wildman–Crippen LogP) is 1.95. The van der Waals surface area contributed by atoms with Crippen LogP contribution in [0.2, 0.25) is 5.02 Å². The van der Waals surface area contributed by atoms with Crippen molar-refractivity contribution in [1.82, 2.24) is 0 Å². The van der Waals surface area contributed by atoms with E-state index in [9.17, 15) is 19.6 Å². The molecule has 124 valence electrons. The van der Waals surface area contributed by atoms with Gasteiger partial charge < -0.3 is 14.7 Å². The van der Waals surface area contributed by atoms with Gasteiger partial charge in [0.15, 0.2) is 0 Å². The van der Waals surface area contributed by atoms with Crippen molar-refractivity contribution in [2.24, 2.45) is 0 Å². The Morgan fingerprint density at radius 2 is 1.65 bits per heavy atom. The zero-order valence-electron chi connectivity index (χ0n) is 12.7. The number of carbonyl (C=O) groups excluding carboxylic acids is 3. The fourth-order valence-corrected chi connectivity index (χ4v) is 1.75. The van der Waals surface area contributed by atoms with Gasteiger partial charge in [0.05, 0.1) is 18.8 Å². The quantitative estimate of drug-likeness (QED) is 0.258. The first kappa shape index (κ1) is 18.6. The maximum atomic E-state index is 12.2. The molecule has 1 aromatic rings. The highest BCUT2D eigenvalue weighted by Crippen LogP contribution is 2.11. The lowest BCUT2D eigenvalue weighted by Crippen LogP contribution is -2.33. The highest BCUT2D eigenvalue weighted by molar-refractivity contribution is 6.38. The van der Waals surface area contributed by atoms with E-state index in [1.807, 2.05) is 0 Å². The van der Waals surface area contributed by atoms with Crippen molar-refractivity contribution in [2.75, 3.05) is 13.2 Å². The number of esters is 2. The van der Waals surface area contributed by atoms with Crippen LogP contribution in [0.3, 0.4) is 0 Å². The molecule has 0 aliphatic rings. The number of rotatable bonds is 6. The minimum atomic E-state index is -1.04. The SMILES string of the molecule is CCOC(=O)C/C(C(=O)OCC)=[N+](\[O-])C(=O)c1ccc(Cl)cc1. The number of halogens is 1. The monoisotopic (exact) mass is 341 g/mol. The number of benzene rings is 1. The Hall–Kier alpha value is -2.41. The van der Waals surface area contributed by atoms with E-state index in [2.05, 4.69) is 0 Å². The maximum Gasteiger partial charge on any atom is 0.430 e. The first-order chi connectivity index (χ1) is 10.9. The highest BCUT2D eigenvalue weighted by Gasteiger charge is 2.30. The summed E-state index contributed by atoms with van der Waals surface area (Å²) in [4.78, 5) is 35.5. The smallest absolute Gasteiger partial charge is 0.430 e. The van der Waals surface area contributed by atoms with Crippen molar-refractivity contribution < 1.29 is 28.6 Å². The Balaban J connectivity index is 3.15. The largest absolute Gasteiger partial charge is 0.616 e. The van der Waals surface area contributed by atoms with E-state index in [0.717, 1.165) is 0 Å². The minimum absolute atomic E-state index is 0.00582. The fraction of sp³-hybridized carbons (Fsp3) is 0.333. The topological polar surface area (TPSA) is 95.7 Å². The van der Waals surface area contributed by atoms with Gasteiger partial charge in [0.2, 0.25) is 0 Å². The van der Waals surface area contributed by atoms with Crippen molar-refractivity contribution in [3.63, 3.8) is 0 Å². The van der Waals surface area contributed by atoms with Crippen LogP contribution in [0.1, 0.15) is 30.6 Å². The molecule has 0 aliphatic carbocycles. The number of ether oxygens (including phenoxy) is 2. The summed E-state index contributed by atoms with van der Waals surface area (Å²) in [6, 6.07) is 5.53. The predicted molar refractivity (Wildman–Crippen MR) is 82.3 cm³/mol. The van der Waals surface area contributed by atoms with Gasteiger partial charge in [0.25, 0.3) is 5.71 Å². The van der Waals surface area contributed by atoms with Crippen LogP contribution in [0.5, 0.6) is 0 Å². The summed E-state index contributed by atoms with van der Waals surface area (Å²) in [5.74, 6) is -2.85.